The summed E-state index contributed by atoms with van der Waals surface area (Å²) in [7, 11) is 0. The van der Waals surface area contributed by atoms with Crippen LogP contribution in [-0.2, 0) is 9.53 Å². The van der Waals surface area contributed by atoms with Crippen molar-refractivity contribution in [2.75, 3.05) is 28.7 Å². The molecule has 9 heteroatoms. The fraction of sp³-hybridized carbons (Fsp3) is 0.417. The topological polar surface area (TPSA) is 91.7 Å². The minimum Gasteiger partial charge on any atom is -0.379 e. The molecule has 8 nitrogen and oxygen atoms in total. The van der Waals surface area contributed by atoms with E-state index in [2.05, 4.69) is 25.5 Å². The Morgan fingerprint density at radius 2 is 2.18 bits per heavy atom. The van der Waals surface area contributed by atoms with Crippen LogP contribution in [0.15, 0.2) is 47.7 Å². The Morgan fingerprint density at radius 1 is 1.36 bits per heavy atom. The Morgan fingerprint density at radius 3 is 2.94 bits per heavy atom. The third kappa shape index (κ3) is 5.19. The van der Waals surface area contributed by atoms with Crippen LogP contribution in [0.25, 0.3) is 0 Å². The number of allylic oxidation sites excluding steroid dienone is 1. The number of nitrogens with one attached hydrogen (secondary N) is 2. The van der Waals surface area contributed by atoms with Crippen molar-refractivity contribution in [1.82, 2.24) is 9.97 Å². The Bertz CT molecular complexity index is 1030. The number of aromatic nitrogens is 2. The van der Waals surface area contributed by atoms with Gasteiger partial charge in [0.05, 0.1) is 18.8 Å². The van der Waals surface area contributed by atoms with E-state index in [4.69, 9.17) is 9.72 Å². The van der Waals surface area contributed by atoms with Crippen molar-refractivity contribution in [3.63, 3.8) is 0 Å². The molecule has 33 heavy (non-hydrogen) atoms. The van der Waals surface area contributed by atoms with Gasteiger partial charge in [0.25, 0.3) is 0 Å². The number of carbonyl (C=O) groups excluding carboxylic acids is 1. The van der Waals surface area contributed by atoms with E-state index in [0.29, 0.717) is 41.9 Å². The molecule has 1 amide bonds. The lowest BCUT2D eigenvalue weighted by atomic mass is 10.0. The number of amidine groups is 1. The lowest BCUT2D eigenvalue weighted by molar-refractivity contribution is -0.118. The zero-order valence-corrected chi connectivity index (χ0v) is 18.9. The number of rotatable bonds is 5. The highest BCUT2D eigenvalue weighted by atomic mass is 19.1. The molecule has 2 N–H and O–H groups in total. The van der Waals surface area contributed by atoms with E-state index in [-0.39, 0.29) is 23.8 Å². The standard InChI is InChI=1S/C24H29FN6O2/c1-3-12-26-21(16-8-10-17(25)11-9-16)29-24-27-14-19-22(30-24)31(20(4-2)23(32)28-19)18-7-5-6-13-33-15-18/h3,8-12,14,18,20H,4-7,13,15H2,1-2H3,(H,28,32)(H,26,27,29,30)/b12-3-/t18?,20-/m1/s1. The molecule has 0 aliphatic carbocycles. The van der Waals surface area contributed by atoms with E-state index in [1.54, 1.807) is 30.6 Å². The van der Waals surface area contributed by atoms with Crippen molar-refractivity contribution in [3.05, 3.63) is 54.1 Å². The van der Waals surface area contributed by atoms with Gasteiger partial charge in [-0.25, -0.2) is 14.4 Å². The van der Waals surface area contributed by atoms with Gasteiger partial charge in [-0.1, -0.05) is 13.0 Å². The van der Waals surface area contributed by atoms with Gasteiger partial charge >= 0.3 is 0 Å². The minimum atomic E-state index is -0.333. The molecule has 1 aromatic carbocycles. The summed E-state index contributed by atoms with van der Waals surface area (Å²) >= 11 is 0. The highest BCUT2D eigenvalue weighted by Crippen LogP contribution is 2.35. The van der Waals surface area contributed by atoms with Crippen LogP contribution in [0, 0.1) is 5.82 Å². The summed E-state index contributed by atoms with van der Waals surface area (Å²) in [4.78, 5) is 28.5. The van der Waals surface area contributed by atoms with Crippen molar-refractivity contribution >= 4 is 29.2 Å². The lowest BCUT2D eigenvalue weighted by Crippen LogP contribution is -2.54. The van der Waals surface area contributed by atoms with Crippen molar-refractivity contribution in [2.24, 2.45) is 4.99 Å². The number of fused-ring (bicyclic) bond motifs is 1. The second-order valence-electron chi connectivity index (χ2n) is 8.07. The van der Waals surface area contributed by atoms with E-state index in [0.717, 1.165) is 25.9 Å². The van der Waals surface area contributed by atoms with Gasteiger partial charge < -0.3 is 20.3 Å². The first-order valence-corrected chi connectivity index (χ1v) is 11.4. The van der Waals surface area contributed by atoms with Gasteiger partial charge in [0.1, 0.15) is 23.4 Å². The Hall–Kier alpha value is -3.33. The van der Waals surface area contributed by atoms with E-state index >= 15 is 0 Å². The number of hydrogen-bond acceptors (Lipinski definition) is 6. The average Bonchev–Trinajstić information content (AvgIpc) is 3.11. The molecular weight excluding hydrogens is 423 g/mol. The quantitative estimate of drug-likeness (QED) is 0.524. The number of benzene rings is 1. The van der Waals surface area contributed by atoms with Crippen LogP contribution in [0.5, 0.6) is 0 Å². The van der Waals surface area contributed by atoms with E-state index in [9.17, 15) is 9.18 Å². The van der Waals surface area contributed by atoms with Gasteiger partial charge in [0.15, 0.2) is 5.82 Å². The van der Waals surface area contributed by atoms with Gasteiger partial charge in [-0.05, 0) is 56.9 Å². The van der Waals surface area contributed by atoms with Crippen LogP contribution in [0.4, 0.5) is 21.8 Å². The summed E-state index contributed by atoms with van der Waals surface area (Å²) < 4.78 is 19.2. The molecule has 1 aromatic heterocycles. The fourth-order valence-corrected chi connectivity index (χ4v) is 4.17. The monoisotopic (exact) mass is 452 g/mol. The number of ether oxygens (including phenoxy) is 1. The van der Waals surface area contributed by atoms with Gasteiger partial charge in [-0.15, -0.1) is 0 Å². The van der Waals surface area contributed by atoms with Crippen molar-refractivity contribution < 1.29 is 13.9 Å². The minimum absolute atomic E-state index is 0.0539. The van der Waals surface area contributed by atoms with Crippen LogP contribution in [0.3, 0.4) is 0 Å². The first-order chi connectivity index (χ1) is 16.1. The normalized spacial score (nSPS) is 21.5. The summed E-state index contributed by atoms with van der Waals surface area (Å²) in [6, 6.07) is 5.77. The number of carbonyl (C=O) groups is 1. The second kappa shape index (κ2) is 10.5. The summed E-state index contributed by atoms with van der Waals surface area (Å²) in [5.74, 6) is 1.12. The van der Waals surface area contributed by atoms with E-state index < -0.39 is 0 Å². The number of nitrogens with zero attached hydrogens (tertiary/aromatic N) is 4. The number of amides is 1. The molecule has 2 aliphatic heterocycles. The van der Waals surface area contributed by atoms with Gasteiger partial charge in [-0.3, -0.25) is 4.79 Å². The number of hydrogen-bond donors (Lipinski definition) is 2. The summed E-state index contributed by atoms with van der Waals surface area (Å²) in [5.41, 5.74) is 1.28. The molecule has 0 spiro atoms. The van der Waals surface area contributed by atoms with E-state index in [1.165, 1.54) is 12.1 Å². The highest BCUT2D eigenvalue weighted by Gasteiger charge is 2.38. The molecule has 3 heterocycles. The van der Waals surface area contributed by atoms with Gasteiger partial charge in [-0.2, -0.15) is 4.98 Å². The molecule has 4 rings (SSSR count). The fourth-order valence-electron chi connectivity index (χ4n) is 4.17. The number of aliphatic imine (C=N–C) groups is 1. The van der Waals surface area contributed by atoms with Crippen molar-refractivity contribution in [2.45, 2.75) is 51.6 Å². The van der Waals surface area contributed by atoms with Crippen molar-refractivity contribution in [1.29, 1.82) is 0 Å². The molecule has 0 bridgehead atoms. The van der Waals surface area contributed by atoms with Crippen LogP contribution in [-0.4, -0.2) is 47.0 Å². The first kappa shape index (κ1) is 22.8. The SMILES string of the molecule is C/C=C\N=C(Nc1ncc2c(n1)N(C1CCCCOC1)[C@H](CC)C(=O)N2)c1ccc(F)cc1. The lowest BCUT2D eigenvalue weighted by Gasteiger charge is -2.41. The predicted octanol–water partition coefficient (Wildman–Crippen LogP) is 4.11. The zero-order valence-electron chi connectivity index (χ0n) is 18.9. The molecular formula is C24H29FN6O2. The second-order valence-corrected chi connectivity index (χ2v) is 8.07. The van der Waals surface area contributed by atoms with Crippen molar-refractivity contribution in [3.8, 4) is 0 Å². The van der Waals surface area contributed by atoms with Crippen LogP contribution >= 0.6 is 0 Å². The molecule has 174 valence electrons. The molecule has 1 unspecified atom stereocenters. The van der Waals surface area contributed by atoms with E-state index in [1.807, 2.05) is 13.8 Å². The smallest absolute Gasteiger partial charge is 0.247 e. The Kier molecular flexibility index (Phi) is 7.29. The summed E-state index contributed by atoms with van der Waals surface area (Å²) in [6.45, 7) is 5.15. The molecule has 0 saturated carbocycles. The Balaban J connectivity index is 1.69. The average molecular weight is 453 g/mol. The van der Waals surface area contributed by atoms with Crippen LogP contribution in [0.1, 0.15) is 45.1 Å². The van der Waals surface area contributed by atoms with Gasteiger partial charge in [0.2, 0.25) is 11.9 Å². The number of halogens is 1. The highest BCUT2D eigenvalue weighted by molar-refractivity contribution is 6.08. The predicted molar refractivity (Wildman–Crippen MR) is 127 cm³/mol. The number of anilines is 3. The largest absolute Gasteiger partial charge is 0.379 e. The third-order valence-electron chi connectivity index (χ3n) is 5.78. The Labute approximate surface area is 193 Å². The molecule has 1 fully saturated rings. The maximum Gasteiger partial charge on any atom is 0.247 e. The molecule has 1 saturated heterocycles. The summed E-state index contributed by atoms with van der Waals surface area (Å²) in [5, 5.41) is 6.10. The first-order valence-electron chi connectivity index (χ1n) is 11.4. The third-order valence-corrected chi connectivity index (χ3v) is 5.78. The van der Waals surface area contributed by atoms with Crippen LogP contribution < -0.4 is 15.5 Å². The zero-order chi connectivity index (χ0) is 23.2. The molecule has 2 aromatic rings. The molecule has 2 atom stereocenters. The summed E-state index contributed by atoms with van der Waals surface area (Å²) in [6.07, 6.45) is 8.68. The molecule has 0 radical (unpaired) electrons. The maximum atomic E-state index is 13.4. The van der Waals surface area contributed by atoms with Crippen LogP contribution in [0.2, 0.25) is 0 Å². The van der Waals surface area contributed by atoms with Gasteiger partial charge in [0, 0.05) is 18.4 Å². The molecule has 2 aliphatic rings. The maximum absolute atomic E-state index is 13.4.